The maximum absolute atomic E-state index is 12.3. The molecule has 2 rings (SSSR count). The molecule has 2 aromatic rings. The van der Waals surface area contributed by atoms with Crippen molar-refractivity contribution in [2.75, 3.05) is 6.54 Å². The van der Waals surface area contributed by atoms with E-state index in [-0.39, 0.29) is 12.3 Å². The molecule has 0 spiro atoms. The molecule has 1 amide bonds. The molecule has 2 heterocycles. The number of furan rings is 1. The first kappa shape index (κ1) is 13.2. The van der Waals surface area contributed by atoms with Crippen molar-refractivity contribution in [3.63, 3.8) is 0 Å². The third kappa shape index (κ3) is 3.39. The lowest BCUT2D eigenvalue weighted by atomic mass is 10.3. The molecule has 0 aromatic carbocycles. The molecular weight excluding hydrogens is 266 g/mol. The van der Waals surface area contributed by atoms with Crippen LogP contribution < -0.4 is 0 Å². The zero-order chi connectivity index (χ0) is 13.7. The summed E-state index contributed by atoms with van der Waals surface area (Å²) in [5.41, 5.74) is 0.398. The lowest BCUT2D eigenvalue weighted by molar-refractivity contribution is 0.0730. The highest BCUT2D eigenvalue weighted by molar-refractivity contribution is 6.30. The number of nitrogens with zero attached hydrogens (tertiary/aromatic N) is 2. The van der Waals surface area contributed by atoms with Gasteiger partial charge in [-0.15, -0.1) is 0 Å². The minimum atomic E-state index is -0.210. The maximum atomic E-state index is 12.3. The number of nitriles is 1. The van der Waals surface area contributed by atoms with Crippen LogP contribution in [0.5, 0.6) is 0 Å². The Morgan fingerprint density at radius 2 is 2.42 bits per heavy atom. The summed E-state index contributed by atoms with van der Waals surface area (Å²) in [6, 6.07) is 7.13. The van der Waals surface area contributed by atoms with E-state index in [1.54, 1.807) is 35.6 Å². The van der Waals surface area contributed by atoms with Crippen molar-refractivity contribution in [3.8, 4) is 6.07 Å². The zero-order valence-corrected chi connectivity index (χ0v) is 10.9. The zero-order valence-electron chi connectivity index (χ0n) is 10.1. The number of rotatable bonds is 5. The van der Waals surface area contributed by atoms with Crippen LogP contribution in [0.3, 0.4) is 0 Å². The number of hydrogen-bond donors (Lipinski definition) is 1. The van der Waals surface area contributed by atoms with E-state index in [9.17, 15) is 4.79 Å². The Bertz CT molecular complexity index is 583. The average molecular weight is 278 g/mol. The second kappa shape index (κ2) is 6.12. The van der Waals surface area contributed by atoms with E-state index in [1.807, 2.05) is 6.07 Å². The first-order valence-electron chi connectivity index (χ1n) is 5.73. The largest absolute Gasteiger partial charge is 0.467 e. The third-order valence-electron chi connectivity index (χ3n) is 2.59. The quantitative estimate of drug-likeness (QED) is 0.913. The standard InChI is InChI=1S/C13H12ClN3O2/c14-10-7-12(16-8-10)13(18)17(5-2-4-15)9-11-3-1-6-19-11/h1,3,6-8,16H,2,5,9H2. The molecule has 0 aliphatic carbocycles. The van der Waals surface area contributed by atoms with Gasteiger partial charge in [-0.25, -0.2) is 0 Å². The smallest absolute Gasteiger partial charge is 0.270 e. The van der Waals surface area contributed by atoms with E-state index in [2.05, 4.69) is 4.98 Å². The maximum Gasteiger partial charge on any atom is 0.270 e. The number of H-pyrrole nitrogens is 1. The Labute approximate surface area is 115 Å². The SMILES string of the molecule is N#CCCN(Cc1ccco1)C(=O)c1cc(Cl)c[nH]1. The third-order valence-corrected chi connectivity index (χ3v) is 2.80. The highest BCUT2D eigenvalue weighted by atomic mass is 35.5. The number of hydrogen-bond acceptors (Lipinski definition) is 3. The molecule has 0 aliphatic rings. The van der Waals surface area contributed by atoms with Gasteiger partial charge in [0.2, 0.25) is 0 Å². The van der Waals surface area contributed by atoms with Crippen molar-refractivity contribution in [3.05, 3.63) is 47.1 Å². The van der Waals surface area contributed by atoms with Gasteiger partial charge in [-0.3, -0.25) is 4.79 Å². The van der Waals surface area contributed by atoms with Crippen molar-refractivity contribution in [1.82, 2.24) is 9.88 Å². The summed E-state index contributed by atoms with van der Waals surface area (Å²) < 4.78 is 5.22. The Balaban J connectivity index is 2.12. The van der Waals surface area contributed by atoms with Gasteiger partial charge in [-0.1, -0.05) is 11.6 Å². The van der Waals surface area contributed by atoms with Crippen LogP contribution in [-0.2, 0) is 6.54 Å². The predicted octanol–water partition coefficient (Wildman–Crippen LogP) is 2.82. The second-order valence-corrected chi connectivity index (χ2v) is 4.38. The Kier molecular flexibility index (Phi) is 4.26. The van der Waals surface area contributed by atoms with Crippen LogP contribution in [0.1, 0.15) is 22.7 Å². The van der Waals surface area contributed by atoms with Crippen molar-refractivity contribution in [2.24, 2.45) is 0 Å². The minimum Gasteiger partial charge on any atom is -0.467 e. The fourth-order valence-corrected chi connectivity index (χ4v) is 1.85. The van der Waals surface area contributed by atoms with Gasteiger partial charge >= 0.3 is 0 Å². The minimum absolute atomic E-state index is 0.210. The van der Waals surface area contributed by atoms with Crippen LogP contribution >= 0.6 is 11.6 Å². The molecule has 19 heavy (non-hydrogen) atoms. The number of aromatic nitrogens is 1. The monoisotopic (exact) mass is 277 g/mol. The molecule has 0 saturated carbocycles. The summed E-state index contributed by atoms with van der Waals surface area (Å²) >= 11 is 5.78. The molecule has 5 nitrogen and oxygen atoms in total. The van der Waals surface area contributed by atoms with Crippen LogP contribution in [0.25, 0.3) is 0 Å². The van der Waals surface area contributed by atoms with E-state index in [4.69, 9.17) is 21.3 Å². The number of nitrogens with one attached hydrogen (secondary N) is 1. The Hall–Kier alpha value is -2.19. The van der Waals surface area contributed by atoms with Gasteiger partial charge in [0, 0.05) is 12.7 Å². The van der Waals surface area contributed by atoms with Crippen LogP contribution in [0, 0.1) is 11.3 Å². The van der Waals surface area contributed by atoms with Crippen LogP contribution in [-0.4, -0.2) is 22.3 Å². The normalized spacial score (nSPS) is 10.1. The fraction of sp³-hybridized carbons (Fsp3) is 0.231. The molecule has 98 valence electrons. The van der Waals surface area contributed by atoms with Gasteiger partial charge in [0.15, 0.2) is 0 Å². The molecular formula is C13H12ClN3O2. The van der Waals surface area contributed by atoms with Crippen molar-refractivity contribution < 1.29 is 9.21 Å². The summed E-state index contributed by atoms with van der Waals surface area (Å²) in [5.74, 6) is 0.461. The van der Waals surface area contributed by atoms with Crippen molar-refractivity contribution in [2.45, 2.75) is 13.0 Å². The van der Waals surface area contributed by atoms with E-state index in [1.165, 1.54) is 0 Å². The summed E-state index contributed by atoms with van der Waals surface area (Å²) in [5, 5.41) is 9.13. The second-order valence-electron chi connectivity index (χ2n) is 3.95. The van der Waals surface area contributed by atoms with Crippen LogP contribution in [0.4, 0.5) is 0 Å². The van der Waals surface area contributed by atoms with E-state index in [0.717, 1.165) is 0 Å². The Morgan fingerprint density at radius 3 is 3.00 bits per heavy atom. The summed E-state index contributed by atoms with van der Waals surface area (Å²) in [4.78, 5) is 16.6. The lowest BCUT2D eigenvalue weighted by Crippen LogP contribution is -2.31. The number of carbonyl (C=O) groups is 1. The first-order chi connectivity index (χ1) is 9.20. The van der Waals surface area contributed by atoms with Crippen LogP contribution in [0.2, 0.25) is 5.02 Å². The molecule has 6 heteroatoms. The first-order valence-corrected chi connectivity index (χ1v) is 6.11. The molecule has 0 aliphatic heterocycles. The van der Waals surface area contributed by atoms with Crippen LogP contribution in [0.15, 0.2) is 35.1 Å². The highest BCUT2D eigenvalue weighted by Crippen LogP contribution is 2.14. The van der Waals surface area contributed by atoms with Gasteiger partial charge < -0.3 is 14.3 Å². The van der Waals surface area contributed by atoms with Crippen molar-refractivity contribution in [1.29, 1.82) is 5.26 Å². The summed E-state index contributed by atoms with van der Waals surface area (Å²) in [6.45, 7) is 0.664. The van der Waals surface area contributed by atoms with Gasteiger partial charge in [-0.05, 0) is 18.2 Å². The number of aromatic amines is 1. The van der Waals surface area contributed by atoms with Gasteiger partial charge in [-0.2, -0.15) is 5.26 Å². The van der Waals surface area contributed by atoms with Gasteiger partial charge in [0.05, 0.1) is 30.3 Å². The Morgan fingerprint density at radius 1 is 1.58 bits per heavy atom. The lowest BCUT2D eigenvalue weighted by Gasteiger charge is -2.19. The molecule has 0 fully saturated rings. The molecule has 0 saturated heterocycles. The molecule has 0 unspecified atom stereocenters. The van der Waals surface area contributed by atoms with E-state index in [0.29, 0.717) is 29.6 Å². The highest BCUT2D eigenvalue weighted by Gasteiger charge is 2.18. The molecule has 1 N–H and O–H groups in total. The van der Waals surface area contributed by atoms with E-state index < -0.39 is 0 Å². The van der Waals surface area contributed by atoms with Gasteiger partial charge in [0.25, 0.3) is 5.91 Å². The molecule has 0 atom stereocenters. The van der Waals surface area contributed by atoms with E-state index >= 15 is 0 Å². The molecule has 0 bridgehead atoms. The predicted molar refractivity (Wildman–Crippen MR) is 69.5 cm³/mol. The summed E-state index contributed by atoms with van der Waals surface area (Å²) in [7, 11) is 0. The number of halogens is 1. The van der Waals surface area contributed by atoms with Gasteiger partial charge in [0.1, 0.15) is 11.5 Å². The topological polar surface area (TPSA) is 73.0 Å². The fourth-order valence-electron chi connectivity index (χ4n) is 1.69. The average Bonchev–Trinajstić information content (AvgIpc) is 3.05. The number of amides is 1. The molecule has 2 aromatic heterocycles. The molecule has 0 radical (unpaired) electrons. The summed E-state index contributed by atoms with van der Waals surface area (Å²) in [6.07, 6.45) is 3.36. The number of carbonyl (C=O) groups excluding carboxylic acids is 1. The van der Waals surface area contributed by atoms with Crippen molar-refractivity contribution >= 4 is 17.5 Å².